The van der Waals surface area contributed by atoms with Gasteiger partial charge in [0, 0.05) is 11.5 Å². The number of hydrogen-bond acceptors (Lipinski definition) is 5. The van der Waals surface area contributed by atoms with E-state index in [1.54, 1.807) is 6.92 Å². The molecule has 5 nitrogen and oxygen atoms in total. The van der Waals surface area contributed by atoms with Crippen molar-refractivity contribution in [3.05, 3.63) is 23.8 Å². The fourth-order valence-corrected chi connectivity index (χ4v) is 3.83. The van der Waals surface area contributed by atoms with Gasteiger partial charge in [-0.1, -0.05) is 25.2 Å². The van der Waals surface area contributed by atoms with Gasteiger partial charge >= 0.3 is 5.97 Å². The molecule has 0 aromatic rings. The molecule has 0 saturated carbocycles. The van der Waals surface area contributed by atoms with Crippen LogP contribution in [0.15, 0.2) is 23.8 Å². The predicted molar refractivity (Wildman–Crippen MR) is 95.8 cm³/mol. The van der Waals surface area contributed by atoms with Gasteiger partial charge in [0.1, 0.15) is 6.10 Å². The van der Waals surface area contributed by atoms with Crippen LogP contribution in [0.4, 0.5) is 0 Å². The highest BCUT2D eigenvalue weighted by Crippen LogP contribution is 2.37. The lowest BCUT2D eigenvalue weighted by atomic mass is 9.76. The van der Waals surface area contributed by atoms with Crippen LogP contribution in [-0.2, 0) is 9.53 Å². The average Bonchev–Trinajstić information content (AvgIpc) is 2.54. The molecule has 3 N–H and O–H groups in total. The molecule has 2 rings (SSSR count). The first kappa shape index (κ1) is 20.1. The number of esters is 1. The van der Waals surface area contributed by atoms with Crippen LogP contribution >= 0.6 is 0 Å². The van der Waals surface area contributed by atoms with Gasteiger partial charge in [-0.15, -0.1) is 0 Å². The first-order valence-corrected chi connectivity index (χ1v) is 9.27. The van der Waals surface area contributed by atoms with Gasteiger partial charge in [-0.2, -0.15) is 0 Å². The highest BCUT2D eigenvalue weighted by Gasteiger charge is 2.45. The molecule has 0 aromatic heterocycles. The maximum Gasteiger partial charge on any atom is 0.334 e. The highest BCUT2D eigenvalue weighted by atomic mass is 16.6. The smallest absolute Gasteiger partial charge is 0.334 e. The van der Waals surface area contributed by atoms with Gasteiger partial charge < -0.3 is 20.1 Å². The summed E-state index contributed by atoms with van der Waals surface area (Å²) in [5, 5.41) is 32.0. The number of carbonyl (C=O) groups is 1. The Morgan fingerprint density at radius 1 is 1.32 bits per heavy atom. The summed E-state index contributed by atoms with van der Waals surface area (Å²) in [6.45, 7) is 9.39. The molecule has 0 unspecified atom stereocenters. The number of aliphatic hydroxyl groups excluding tert-OH is 2. The topological polar surface area (TPSA) is 87.0 Å². The minimum Gasteiger partial charge on any atom is -0.456 e. The van der Waals surface area contributed by atoms with Crippen LogP contribution in [-0.4, -0.2) is 45.2 Å². The van der Waals surface area contributed by atoms with Crippen molar-refractivity contribution in [2.24, 2.45) is 11.8 Å². The molecule has 2 bridgehead atoms. The maximum atomic E-state index is 12.2. The summed E-state index contributed by atoms with van der Waals surface area (Å²) in [6.07, 6.45) is 3.49. The van der Waals surface area contributed by atoms with Crippen molar-refractivity contribution in [1.29, 1.82) is 0 Å². The zero-order valence-electron chi connectivity index (χ0n) is 15.6. The normalized spacial score (nSPS) is 43.6. The van der Waals surface area contributed by atoms with E-state index in [0.717, 1.165) is 19.3 Å². The molecule has 1 fully saturated rings. The van der Waals surface area contributed by atoms with E-state index in [-0.39, 0.29) is 17.9 Å². The molecule has 0 amide bonds. The second-order valence-electron chi connectivity index (χ2n) is 8.06. The summed E-state index contributed by atoms with van der Waals surface area (Å²) >= 11 is 0. The molecule has 0 radical (unpaired) electrons. The number of hydrogen-bond donors (Lipinski definition) is 3. The van der Waals surface area contributed by atoms with Crippen LogP contribution in [0.1, 0.15) is 59.3 Å². The van der Waals surface area contributed by atoms with E-state index in [1.165, 1.54) is 5.57 Å². The highest BCUT2D eigenvalue weighted by molar-refractivity contribution is 5.89. The quantitative estimate of drug-likeness (QED) is 0.354. The second kappa shape index (κ2) is 8.02. The molecular formula is C20H32O5. The summed E-state index contributed by atoms with van der Waals surface area (Å²) in [7, 11) is 0. The van der Waals surface area contributed by atoms with Crippen LogP contribution in [0.25, 0.3) is 0 Å². The molecular weight excluding hydrogens is 320 g/mol. The zero-order valence-corrected chi connectivity index (χ0v) is 15.6. The molecule has 142 valence electrons. The first-order valence-electron chi connectivity index (χ1n) is 9.27. The Morgan fingerprint density at radius 3 is 2.68 bits per heavy atom. The lowest BCUT2D eigenvalue weighted by molar-refractivity contribution is -0.173. The summed E-state index contributed by atoms with van der Waals surface area (Å²) in [6, 6.07) is 0. The summed E-state index contributed by atoms with van der Waals surface area (Å²) in [5.74, 6) is -1.29. The van der Waals surface area contributed by atoms with Gasteiger partial charge in [-0.25, -0.2) is 4.79 Å². The van der Waals surface area contributed by atoms with E-state index < -0.39 is 35.8 Å². The molecule has 25 heavy (non-hydrogen) atoms. The van der Waals surface area contributed by atoms with Crippen molar-refractivity contribution < 1.29 is 24.9 Å². The summed E-state index contributed by atoms with van der Waals surface area (Å²) < 4.78 is 5.38. The van der Waals surface area contributed by atoms with E-state index in [9.17, 15) is 20.1 Å². The fraction of sp³-hybridized carbons (Fsp3) is 0.750. The number of allylic oxidation sites excluding steroid dienone is 2. The third-order valence-corrected chi connectivity index (χ3v) is 5.84. The Kier molecular flexibility index (Phi) is 6.46. The Hall–Kier alpha value is -1.17. The van der Waals surface area contributed by atoms with Gasteiger partial charge in [-0.05, 0) is 58.3 Å². The SMILES string of the molecule is C=C1C(=O)O[C@H]2C[C@@H]1[C@@H](O)[C@H](O)[C@@H](C)CCC/C(C)=C/CC[C@@]2(C)O. The van der Waals surface area contributed by atoms with Gasteiger partial charge in [0.05, 0.1) is 17.8 Å². The zero-order chi connectivity index (χ0) is 18.8. The number of rotatable bonds is 0. The average molecular weight is 352 g/mol. The van der Waals surface area contributed by atoms with Crippen LogP contribution in [0.3, 0.4) is 0 Å². The van der Waals surface area contributed by atoms with Crippen molar-refractivity contribution in [3.8, 4) is 0 Å². The molecule has 1 saturated heterocycles. The lowest BCUT2D eigenvalue weighted by Gasteiger charge is -2.41. The lowest BCUT2D eigenvalue weighted by Crippen LogP contribution is -2.51. The second-order valence-corrected chi connectivity index (χ2v) is 8.06. The largest absolute Gasteiger partial charge is 0.456 e. The standard InChI is InChI=1S/C20H32O5/c1-12-7-5-9-13(2)17(21)18(22)15-11-16(25-19(23)14(15)3)20(4,24)10-6-8-12/h8,13,15-18,21-22,24H,3,5-7,9-11H2,1-2,4H3/b12-8+/t13-,15-,16-,17+,18+,20+/m0/s1. The molecule has 0 spiro atoms. The minimum atomic E-state index is -1.19. The molecule has 1 aliphatic heterocycles. The summed E-state index contributed by atoms with van der Waals surface area (Å²) in [5.41, 5.74) is 0.238. The van der Waals surface area contributed by atoms with Crippen LogP contribution in [0.5, 0.6) is 0 Å². The minimum absolute atomic E-state index is 0.0875. The van der Waals surface area contributed by atoms with Gasteiger partial charge in [0.2, 0.25) is 0 Å². The van der Waals surface area contributed by atoms with E-state index >= 15 is 0 Å². The van der Waals surface area contributed by atoms with Crippen LogP contribution < -0.4 is 0 Å². The number of ether oxygens (including phenoxy) is 1. The van der Waals surface area contributed by atoms with E-state index in [0.29, 0.717) is 12.8 Å². The maximum absolute atomic E-state index is 12.2. The van der Waals surface area contributed by atoms with Gasteiger partial charge in [-0.3, -0.25) is 0 Å². The Morgan fingerprint density at radius 2 is 2.00 bits per heavy atom. The van der Waals surface area contributed by atoms with Crippen molar-refractivity contribution in [2.45, 2.75) is 83.2 Å². The predicted octanol–water partition coefficient (Wildman–Crippen LogP) is 2.49. The number of fused-ring (bicyclic) bond motifs is 2. The van der Waals surface area contributed by atoms with Crippen molar-refractivity contribution in [3.63, 3.8) is 0 Å². The third kappa shape index (κ3) is 4.72. The molecule has 1 aliphatic carbocycles. The molecule has 5 heteroatoms. The molecule has 0 aromatic carbocycles. The number of aliphatic hydroxyl groups is 3. The Bertz CT molecular complexity index is 536. The number of carbonyl (C=O) groups excluding carboxylic acids is 1. The molecule has 6 atom stereocenters. The molecule has 2 aliphatic rings. The first-order chi connectivity index (χ1) is 11.6. The van der Waals surface area contributed by atoms with Crippen LogP contribution in [0.2, 0.25) is 0 Å². The van der Waals surface area contributed by atoms with Gasteiger partial charge in [0.25, 0.3) is 0 Å². The van der Waals surface area contributed by atoms with Crippen molar-refractivity contribution >= 4 is 5.97 Å². The van der Waals surface area contributed by atoms with E-state index in [4.69, 9.17) is 4.74 Å². The fourth-order valence-electron chi connectivity index (χ4n) is 3.83. The summed E-state index contributed by atoms with van der Waals surface area (Å²) in [4.78, 5) is 12.2. The van der Waals surface area contributed by atoms with E-state index in [2.05, 4.69) is 19.6 Å². The van der Waals surface area contributed by atoms with Crippen LogP contribution in [0, 0.1) is 11.8 Å². The van der Waals surface area contributed by atoms with E-state index in [1.807, 2.05) is 6.92 Å². The van der Waals surface area contributed by atoms with Gasteiger partial charge in [0.15, 0.2) is 0 Å². The Labute approximate surface area is 150 Å². The van der Waals surface area contributed by atoms with Crippen molar-refractivity contribution in [2.75, 3.05) is 0 Å². The van der Waals surface area contributed by atoms with Crippen molar-refractivity contribution in [1.82, 2.24) is 0 Å². The Balaban J connectivity index is 2.30. The third-order valence-electron chi connectivity index (χ3n) is 5.84. The molecule has 1 heterocycles. The monoisotopic (exact) mass is 352 g/mol.